The summed E-state index contributed by atoms with van der Waals surface area (Å²) in [5, 5.41) is 0.354. The fraction of sp³-hybridized carbons (Fsp3) is 0.333. The first-order valence-corrected chi connectivity index (χ1v) is 4.19. The Morgan fingerprint density at radius 2 is 2.00 bits per heavy atom. The van der Waals surface area contributed by atoms with Crippen molar-refractivity contribution < 1.29 is 17.9 Å². The standard InChI is InChI=1S/C9H8ClF3O/c1-14-8-4-7(10)3-2-6(8)5-9(11,12)13/h2-4H,5H2,1H3. The monoisotopic (exact) mass is 224 g/mol. The van der Waals surface area contributed by atoms with Crippen molar-refractivity contribution in [2.24, 2.45) is 0 Å². The minimum atomic E-state index is -4.24. The van der Waals surface area contributed by atoms with Crippen molar-refractivity contribution in [3.63, 3.8) is 0 Å². The minimum absolute atomic E-state index is 0.0874. The van der Waals surface area contributed by atoms with Crippen molar-refractivity contribution in [3.8, 4) is 5.75 Å². The van der Waals surface area contributed by atoms with E-state index >= 15 is 0 Å². The molecule has 0 unspecified atom stereocenters. The van der Waals surface area contributed by atoms with Gasteiger partial charge in [0, 0.05) is 10.6 Å². The predicted molar refractivity (Wildman–Crippen MR) is 47.8 cm³/mol. The number of methoxy groups -OCH3 is 1. The number of ether oxygens (including phenoxy) is 1. The molecule has 0 spiro atoms. The van der Waals surface area contributed by atoms with Gasteiger partial charge in [0.15, 0.2) is 0 Å². The van der Waals surface area contributed by atoms with Gasteiger partial charge in [-0.05, 0) is 12.1 Å². The van der Waals surface area contributed by atoms with Crippen LogP contribution in [-0.2, 0) is 6.42 Å². The van der Waals surface area contributed by atoms with Gasteiger partial charge in [-0.3, -0.25) is 0 Å². The molecule has 0 fully saturated rings. The van der Waals surface area contributed by atoms with E-state index in [0.717, 1.165) is 0 Å². The first kappa shape index (κ1) is 11.2. The Morgan fingerprint density at radius 1 is 1.36 bits per heavy atom. The molecule has 5 heteroatoms. The molecule has 0 saturated heterocycles. The molecule has 0 radical (unpaired) electrons. The summed E-state index contributed by atoms with van der Waals surface area (Å²) in [4.78, 5) is 0. The average Bonchev–Trinajstić information content (AvgIpc) is 2.06. The van der Waals surface area contributed by atoms with Gasteiger partial charge < -0.3 is 4.74 Å². The molecule has 1 aromatic rings. The van der Waals surface area contributed by atoms with E-state index in [2.05, 4.69) is 0 Å². The van der Waals surface area contributed by atoms with Crippen LogP contribution in [0.2, 0.25) is 5.02 Å². The van der Waals surface area contributed by atoms with Crippen LogP contribution in [0.15, 0.2) is 18.2 Å². The summed E-state index contributed by atoms with van der Waals surface area (Å²) in [7, 11) is 1.31. The minimum Gasteiger partial charge on any atom is -0.496 e. The summed E-state index contributed by atoms with van der Waals surface area (Å²) in [6.45, 7) is 0. The van der Waals surface area contributed by atoms with Crippen LogP contribution in [0.5, 0.6) is 5.75 Å². The van der Waals surface area contributed by atoms with Gasteiger partial charge in [-0.25, -0.2) is 0 Å². The Balaban J connectivity index is 2.97. The summed E-state index contributed by atoms with van der Waals surface area (Å²) < 4.78 is 41.0. The Kier molecular flexibility index (Phi) is 3.26. The molecular weight excluding hydrogens is 217 g/mol. The van der Waals surface area contributed by atoms with Crippen LogP contribution in [0.25, 0.3) is 0 Å². The van der Waals surface area contributed by atoms with Crippen molar-refractivity contribution in [1.29, 1.82) is 0 Å². The van der Waals surface area contributed by atoms with Gasteiger partial charge in [0.2, 0.25) is 0 Å². The third-order valence-corrected chi connectivity index (χ3v) is 1.88. The fourth-order valence-corrected chi connectivity index (χ4v) is 1.24. The zero-order valence-corrected chi connectivity index (χ0v) is 8.12. The van der Waals surface area contributed by atoms with Crippen LogP contribution in [0.4, 0.5) is 13.2 Å². The molecule has 1 aromatic carbocycles. The van der Waals surface area contributed by atoms with Gasteiger partial charge in [-0.15, -0.1) is 0 Å². The lowest BCUT2D eigenvalue weighted by Gasteiger charge is -2.10. The van der Waals surface area contributed by atoms with E-state index < -0.39 is 12.6 Å². The SMILES string of the molecule is COc1cc(Cl)ccc1CC(F)(F)F. The van der Waals surface area contributed by atoms with Gasteiger partial charge in [-0.2, -0.15) is 13.2 Å². The molecule has 0 aliphatic carbocycles. The molecule has 14 heavy (non-hydrogen) atoms. The number of hydrogen-bond acceptors (Lipinski definition) is 1. The highest BCUT2D eigenvalue weighted by atomic mass is 35.5. The van der Waals surface area contributed by atoms with Gasteiger partial charge in [0.25, 0.3) is 0 Å². The molecule has 0 amide bonds. The summed E-state index contributed by atoms with van der Waals surface area (Å²) in [6, 6.07) is 4.09. The largest absolute Gasteiger partial charge is 0.496 e. The van der Waals surface area contributed by atoms with Crippen molar-refractivity contribution in [3.05, 3.63) is 28.8 Å². The summed E-state index contributed by atoms with van der Waals surface area (Å²) in [6.07, 6.45) is -5.24. The number of hydrogen-bond donors (Lipinski definition) is 0. The van der Waals surface area contributed by atoms with E-state index in [4.69, 9.17) is 16.3 Å². The molecule has 0 aliphatic heterocycles. The second-order valence-electron chi connectivity index (χ2n) is 2.75. The smallest absolute Gasteiger partial charge is 0.393 e. The first-order chi connectivity index (χ1) is 6.42. The fourth-order valence-electron chi connectivity index (χ4n) is 1.08. The quantitative estimate of drug-likeness (QED) is 0.748. The van der Waals surface area contributed by atoms with Gasteiger partial charge in [-0.1, -0.05) is 17.7 Å². The third-order valence-electron chi connectivity index (χ3n) is 1.64. The van der Waals surface area contributed by atoms with Crippen LogP contribution in [-0.4, -0.2) is 13.3 Å². The summed E-state index contributed by atoms with van der Waals surface area (Å²) >= 11 is 5.61. The maximum Gasteiger partial charge on any atom is 0.393 e. The summed E-state index contributed by atoms with van der Waals surface area (Å²) in [5.74, 6) is 0.162. The van der Waals surface area contributed by atoms with Gasteiger partial charge >= 0.3 is 6.18 Å². The zero-order valence-electron chi connectivity index (χ0n) is 7.36. The first-order valence-electron chi connectivity index (χ1n) is 3.81. The molecule has 0 saturated carbocycles. The Bertz CT molecular complexity index is 322. The van der Waals surface area contributed by atoms with E-state index in [1.807, 2.05) is 0 Å². The van der Waals surface area contributed by atoms with E-state index in [0.29, 0.717) is 5.02 Å². The Morgan fingerprint density at radius 3 is 2.50 bits per heavy atom. The molecule has 0 N–H and O–H groups in total. The highest BCUT2D eigenvalue weighted by molar-refractivity contribution is 6.30. The Labute approximate surface area is 84.4 Å². The highest BCUT2D eigenvalue weighted by Crippen LogP contribution is 2.29. The molecule has 1 nitrogen and oxygen atoms in total. The van der Waals surface area contributed by atoms with Crippen LogP contribution < -0.4 is 4.74 Å². The van der Waals surface area contributed by atoms with Crippen LogP contribution in [0.3, 0.4) is 0 Å². The number of benzene rings is 1. The molecule has 0 aromatic heterocycles. The number of rotatable bonds is 2. The predicted octanol–water partition coefficient (Wildman–Crippen LogP) is 3.45. The van der Waals surface area contributed by atoms with Crippen LogP contribution >= 0.6 is 11.6 Å². The third kappa shape index (κ3) is 3.10. The van der Waals surface area contributed by atoms with E-state index in [1.165, 1.54) is 25.3 Å². The number of alkyl halides is 3. The normalized spacial score (nSPS) is 11.5. The van der Waals surface area contributed by atoms with Gasteiger partial charge in [0.05, 0.1) is 13.5 Å². The average molecular weight is 225 g/mol. The topological polar surface area (TPSA) is 9.23 Å². The maximum absolute atomic E-state index is 12.1. The van der Waals surface area contributed by atoms with Crippen molar-refractivity contribution in [2.45, 2.75) is 12.6 Å². The number of halogens is 4. The molecule has 0 heterocycles. The lowest BCUT2D eigenvalue weighted by atomic mass is 10.1. The van der Waals surface area contributed by atoms with Crippen molar-refractivity contribution >= 4 is 11.6 Å². The molecule has 0 aliphatic rings. The van der Waals surface area contributed by atoms with Crippen molar-refractivity contribution in [1.82, 2.24) is 0 Å². The van der Waals surface area contributed by atoms with E-state index in [-0.39, 0.29) is 11.3 Å². The second-order valence-corrected chi connectivity index (χ2v) is 3.18. The molecule has 0 atom stereocenters. The lowest BCUT2D eigenvalue weighted by molar-refractivity contribution is -0.127. The van der Waals surface area contributed by atoms with E-state index in [9.17, 15) is 13.2 Å². The maximum atomic E-state index is 12.1. The molecule has 1 rings (SSSR count). The van der Waals surface area contributed by atoms with E-state index in [1.54, 1.807) is 0 Å². The highest BCUT2D eigenvalue weighted by Gasteiger charge is 2.29. The summed E-state index contributed by atoms with van der Waals surface area (Å²) in [5.41, 5.74) is 0.0874. The lowest BCUT2D eigenvalue weighted by Crippen LogP contribution is -2.12. The molecular formula is C9H8ClF3O. The zero-order chi connectivity index (χ0) is 10.8. The van der Waals surface area contributed by atoms with Crippen LogP contribution in [0.1, 0.15) is 5.56 Å². The second kappa shape index (κ2) is 4.09. The molecule has 0 bridgehead atoms. The van der Waals surface area contributed by atoms with Crippen molar-refractivity contribution in [2.75, 3.05) is 7.11 Å². The van der Waals surface area contributed by atoms with Gasteiger partial charge in [0.1, 0.15) is 5.75 Å². The van der Waals surface area contributed by atoms with Crippen LogP contribution in [0, 0.1) is 0 Å². The molecule has 78 valence electrons. The Hall–Kier alpha value is -0.900.